The summed E-state index contributed by atoms with van der Waals surface area (Å²) >= 11 is 0. The predicted octanol–water partition coefficient (Wildman–Crippen LogP) is 3.60. The maximum absolute atomic E-state index is 5.82. The highest BCUT2D eigenvalue weighted by molar-refractivity contribution is 4.82. The number of hydrogen-bond donors (Lipinski definition) is 1. The van der Waals surface area contributed by atoms with Gasteiger partial charge in [0, 0.05) is 18.7 Å². The van der Waals surface area contributed by atoms with Crippen molar-refractivity contribution in [1.82, 2.24) is 5.32 Å². The van der Waals surface area contributed by atoms with Crippen molar-refractivity contribution in [3.05, 3.63) is 0 Å². The number of ether oxygens (including phenoxy) is 1. The zero-order valence-electron chi connectivity index (χ0n) is 12.3. The lowest BCUT2D eigenvalue weighted by Gasteiger charge is -2.35. The van der Waals surface area contributed by atoms with Crippen LogP contribution in [0.25, 0.3) is 0 Å². The molecule has 1 rings (SSSR count). The molecule has 0 aliphatic carbocycles. The van der Waals surface area contributed by atoms with Gasteiger partial charge >= 0.3 is 0 Å². The van der Waals surface area contributed by atoms with Crippen molar-refractivity contribution >= 4 is 0 Å². The molecule has 3 atom stereocenters. The third kappa shape index (κ3) is 4.59. The molecule has 1 fully saturated rings. The third-order valence-electron chi connectivity index (χ3n) is 4.31. The first-order chi connectivity index (χ1) is 8.08. The van der Waals surface area contributed by atoms with Crippen molar-refractivity contribution in [1.29, 1.82) is 0 Å². The average molecular weight is 241 g/mol. The van der Waals surface area contributed by atoms with E-state index in [0.29, 0.717) is 24.1 Å². The Kier molecular flexibility index (Phi) is 6.50. The maximum atomic E-state index is 5.82. The van der Waals surface area contributed by atoms with Crippen LogP contribution in [0.1, 0.15) is 60.3 Å². The van der Waals surface area contributed by atoms with E-state index in [1.165, 1.54) is 25.7 Å². The number of hydrogen-bond acceptors (Lipinski definition) is 2. The van der Waals surface area contributed by atoms with Crippen LogP contribution in [0.15, 0.2) is 0 Å². The van der Waals surface area contributed by atoms with E-state index in [0.717, 1.165) is 12.5 Å². The van der Waals surface area contributed by atoms with Crippen LogP contribution in [-0.4, -0.2) is 24.8 Å². The largest absolute Gasteiger partial charge is 0.378 e. The Balaban J connectivity index is 2.40. The SMILES string of the molecule is CCC(CC)C(C)NC1CCOC(C(C)C)C1. The molecule has 0 spiro atoms. The third-order valence-corrected chi connectivity index (χ3v) is 4.31. The fourth-order valence-electron chi connectivity index (χ4n) is 2.95. The van der Waals surface area contributed by atoms with Crippen LogP contribution in [0.5, 0.6) is 0 Å². The van der Waals surface area contributed by atoms with Crippen LogP contribution in [0.3, 0.4) is 0 Å². The minimum absolute atomic E-state index is 0.454. The van der Waals surface area contributed by atoms with Crippen molar-refractivity contribution in [2.24, 2.45) is 11.8 Å². The molecule has 0 aromatic rings. The van der Waals surface area contributed by atoms with Gasteiger partial charge in [0.1, 0.15) is 0 Å². The molecule has 1 saturated heterocycles. The highest BCUT2D eigenvalue weighted by atomic mass is 16.5. The van der Waals surface area contributed by atoms with Gasteiger partial charge in [-0.1, -0.05) is 40.5 Å². The van der Waals surface area contributed by atoms with Gasteiger partial charge in [-0.15, -0.1) is 0 Å². The van der Waals surface area contributed by atoms with E-state index in [4.69, 9.17) is 4.74 Å². The molecule has 2 nitrogen and oxygen atoms in total. The lowest BCUT2D eigenvalue weighted by atomic mass is 9.91. The maximum Gasteiger partial charge on any atom is 0.0612 e. The molecule has 102 valence electrons. The minimum Gasteiger partial charge on any atom is -0.378 e. The summed E-state index contributed by atoms with van der Waals surface area (Å²) in [5, 5.41) is 3.83. The van der Waals surface area contributed by atoms with Crippen LogP contribution >= 0.6 is 0 Å². The van der Waals surface area contributed by atoms with Gasteiger partial charge in [-0.2, -0.15) is 0 Å². The van der Waals surface area contributed by atoms with Gasteiger partial charge < -0.3 is 10.1 Å². The monoisotopic (exact) mass is 241 g/mol. The van der Waals surface area contributed by atoms with Crippen molar-refractivity contribution in [3.63, 3.8) is 0 Å². The normalized spacial score (nSPS) is 27.7. The highest BCUT2D eigenvalue weighted by Gasteiger charge is 2.26. The molecule has 0 aromatic heterocycles. The molecule has 0 aromatic carbocycles. The van der Waals surface area contributed by atoms with Crippen molar-refractivity contribution in [3.8, 4) is 0 Å². The highest BCUT2D eigenvalue weighted by Crippen LogP contribution is 2.22. The first kappa shape index (κ1) is 15.0. The quantitative estimate of drug-likeness (QED) is 0.767. The van der Waals surface area contributed by atoms with Crippen molar-refractivity contribution in [2.45, 2.75) is 78.5 Å². The van der Waals surface area contributed by atoms with E-state index in [1.54, 1.807) is 0 Å². The van der Waals surface area contributed by atoms with Crippen LogP contribution in [0, 0.1) is 11.8 Å². The summed E-state index contributed by atoms with van der Waals surface area (Å²) in [4.78, 5) is 0. The summed E-state index contributed by atoms with van der Waals surface area (Å²) < 4.78 is 5.82. The van der Waals surface area contributed by atoms with Gasteiger partial charge in [0.15, 0.2) is 0 Å². The summed E-state index contributed by atoms with van der Waals surface area (Å²) in [6.45, 7) is 12.4. The van der Waals surface area contributed by atoms with Crippen molar-refractivity contribution < 1.29 is 4.74 Å². The summed E-state index contributed by atoms with van der Waals surface area (Å²) in [5.41, 5.74) is 0. The van der Waals surface area contributed by atoms with Crippen LogP contribution < -0.4 is 5.32 Å². The topological polar surface area (TPSA) is 21.3 Å². The molecule has 1 heterocycles. The van der Waals surface area contributed by atoms with Gasteiger partial charge in [-0.3, -0.25) is 0 Å². The molecular formula is C15H31NO. The second-order valence-corrected chi connectivity index (χ2v) is 5.91. The van der Waals surface area contributed by atoms with Crippen LogP contribution in [0.4, 0.5) is 0 Å². The standard InChI is InChI=1S/C15H31NO/c1-6-13(7-2)12(5)16-14-8-9-17-15(10-14)11(3)4/h11-16H,6-10H2,1-5H3. The molecular weight excluding hydrogens is 210 g/mol. The first-order valence-electron chi connectivity index (χ1n) is 7.46. The molecule has 0 saturated carbocycles. The lowest BCUT2D eigenvalue weighted by molar-refractivity contribution is -0.0266. The first-order valence-corrected chi connectivity index (χ1v) is 7.46. The molecule has 0 amide bonds. The van der Waals surface area contributed by atoms with E-state index in [2.05, 4.69) is 39.9 Å². The van der Waals surface area contributed by atoms with E-state index >= 15 is 0 Å². The molecule has 1 aliphatic heterocycles. The number of nitrogens with one attached hydrogen (secondary N) is 1. The lowest BCUT2D eigenvalue weighted by Crippen LogP contribution is -2.46. The second-order valence-electron chi connectivity index (χ2n) is 5.91. The van der Waals surface area contributed by atoms with Crippen molar-refractivity contribution in [2.75, 3.05) is 6.61 Å². The molecule has 2 heteroatoms. The molecule has 1 N–H and O–H groups in total. The van der Waals surface area contributed by atoms with Gasteiger partial charge in [0.2, 0.25) is 0 Å². The molecule has 0 bridgehead atoms. The molecule has 0 radical (unpaired) electrons. The minimum atomic E-state index is 0.454. The fraction of sp³-hybridized carbons (Fsp3) is 1.00. The summed E-state index contributed by atoms with van der Waals surface area (Å²) in [6.07, 6.45) is 5.37. The Labute approximate surface area is 108 Å². The zero-order valence-corrected chi connectivity index (χ0v) is 12.3. The van der Waals surface area contributed by atoms with E-state index in [9.17, 15) is 0 Å². The van der Waals surface area contributed by atoms with E-state index < -0.39 is 0 Å². The van der Waals surface area contributed by atoms with Gasteiger partial charge in [0.05, 0.1) is 6.10 Å². The van der Waals surface area contributed by atoms with Gasteiger partial charge in [-0.05, 0) is 31.6 Å². The van der Waals surface area contributed by atoms with Gasteiger partial charge in [-0.25, -0.2) is 0 Å². The van der Waals surface area contributed by atoms with Crippen LogP contribution in [-0.2, 0) is 4.74 Å². The molecule has 3 unspecified atom stereocenters. The Morgan fingerprint density at radius 1 is 1.18 bits per heavy atom. The summed E-state index contributed by atoms with van der Waals surface area (Å²) in [7, 11) is 0. The Bertz CT molecular complexity index is 201. The molecule has 1 aliphatic rings. The smallest absolute Gasteiger partial charge is 0.0612 e. The second kappa shape index (κ2) is 7.38. The van der Waals surface area contributed by atoms with Gasteiger partial charge in [0.25, 0.3) is 0 Å². The summed E-state index contributed by atoms with van der Waals surface area (Å²) in [5.74, 6) is 1.46. The summed E-state index contributed by atoms with van der Waals surface area (Å²) in [6, 6.07) is 1.30. The predicted molar refractivity (Wildman–Crippen MR) is 74.3 cm³/mol. The Hall–Kier alpha value is -0.0800. The Morgan fingerprint density at radius 2 is 1.82 bits per heavy atom. The number of rotatable bonds is 6. The average Bonchev–Trinajstić information content (AvgIpc) is 2.30. The zero-order chi connectivity index (χ0) is 12.8. The van der Waals surface area contributed by atoms with Crippen LogP contribution in [0.2, 0.25) is 0 Å². The Morgan fingerprint density at radius 3 is 2.35 bits per heavy atom. The van der Waals surface area contributed by atoms with E-state index in [1.807, 2.05) is 0 Å². The molecule has 17 heavy (non-hydrogen) atoms. The van der Waals surface area contributed by atoms with E-state index in [-0.39, 0.29) is 0 Å². The fourth-order valence-corrected chi connectivity index (χ4v) is 2.95.